The lowest BCUT2D eigenvalue weighted by atomic mass is 10.2. The summed E-state index contributed by atoms with van der Waals surface area (Å²) in [6, 6.07) is 16.8. The number of anilines is 1. The first-order valence-electron chi connectivity index (χ1n) is 12.4. The summed E-state index contributed by atoms with van der Waals surface area (Å²) in [6.07, 6.45) is 2.50. The molecule has 1 aliphatic heterocycles. The lowest BCUT2D eigenvalue weighted by molar-refractivity contribution is 0.368. The molecule has 1 heterocycles. The average Bonchev–Trinajstić information content (AvgIpc) is 2.80. The summed E-state index contributed by atoms with van der Waals surface area (Å²) >= 11 is 1.41. The number of hydrogen-bond donors (Lipinski definition) is 0. The van der Waals surface area contributed by atoms with Gasteiger partial charge in [-0.1, -0.05) is 58.2 Å². The number of nitrogens with zero attached hydrogens (tertiary/aromatic N) is 4. The highest BCUT2D eigenvalue weighted by atomic mass is 32.2. The van der Waals surface area contributed by atoms with Gasteiger partial charge in [0.2, 0.25) is 0 Å². The van der Waals surface area contributed by atoms with Gasteiger partial charge in [-0.05, 0) is 71.5 Å². The molecule has 0 aliphatic carbocycles. The molecule has 0 bridgehead atoms. The van der Waals surface area contributed by atoms with Crippen LogP contribution in [0.15, 0.2) is 53.4 Å². The maximum absolute atomic E-state index is 5.86. The molecule has 2 aromatic carbocycles. The standard InChI is InChI=1S/C21H31N4OPS.2C3H8/c1-18-6-12-21(13-7-18)28-26-20-10-8-19(9-11-20)24-14-16-25(17-15-24)27(22(2)3)23(4)5;2*1-3-2/h6-13H,14-17H2,1-5H3;2*3H2,1-2H3. The fourth-order valence-corrected chi connectivity index (χ4v) is 6.21. The van der Waals surface area contributed by atoms with Crippen LogP contribution in [-0.2, 0) is 0 Å². The summed E-state index contributed by atoms with van der Waals surface area (Å²) in [5, 5.41) is 0. The molecule has 1 saturated heterocycles. The Bertz CT molecular complexity index is 753. The van der Waals surface area contributed by atoms with Crippen molar-refractivity contribution in [2.24, 2.45) is 0 Å². The Morgan fingerprint density at radius 2 is 1.24 bits per heavy atom. The van der Waals surface area contributed by atoms with E-state index in [0.29, 0.717) is 0 Å². The Morgan fingerprint density at radius 1 is 0.765 bits per heavy atom. The van der Waals surface area contributed by atoms with E-state index >= 15 is 0 Å². The van der Waals surface area contributed by atoms with Crippen LogP contribution in [0.4, 0.5) is 5.69 Å². The number of piperazine rings is 1. The molecule has 7 heteroatoms. The van der Waals surface area contributed by atoms with Crippen molar-refractivity contribution >= 4 is 26.1 Å². The molecule has 0 atom stereocenters. The van der Waals surface area contributed by atoms with Crippen LogP contribution >= 0.6 is 20.4 Å². The third-order valence-corrected chi connectivity index (χ3v) is 7.76. The average molecular weight is 507 g/mol. The van der Waals surface area contributed by atoms with Gasteiger partial charge < -0.3 is 9.08 Å². The van der Waals surface area contributed by atoms with Crippen LogP contribution in [0.3, 0.4) is 0 Å². The molecule has 34 heavy (non-hydrogen) atoms. The smallest absolute Gasteiger partial charge is 0.138 e. The summed E-state index contributed by atoms with van der Waals surface area (Å²) in [6.45, 7) is 14.9. The molecule has 0 unspecified atom stereocenters. The first-order valence-corrected chi connectivity index (χ1v) is 14.4. The molecular formula is C27H47N4OPS. The summed E-state index contributed by atoms with van der Waals surface area (Å²) < 4.78 is 13.1. The van der Waals surface area contributed by atoms with E-state index in [-0.39, 0.29) is 8.37 Å². The van der Waals surface area contributed by atoms with Gasteiger partial charge in [-0.15, -0.1) is 0 Å². The van der Waals surface area contributed by atoms with E-state index in [1.54, 1.807) is 0 Å². The minimum absolute atomic E-state index is 0.369. The normalized spacial score (nSPS) is 13.9. The first-order chi connectivity index (χ1) is 16.3. The summed E-state index contributed by atoms with van der Waals surface area (Å²) in [4.78, 5) is 3.58. The maximum Gasteiger partial charge on any atom is 0.138 e. The zero-order valence-electron chi connectivity index (χ0n) is 22.9. The van der Waals surface area contributed by atoms with Gasteiger partial charge in [0.1, 0.15) is 14.1 Å². The number of rotatable bonds is 7. The molecule has 0 N–H and O–H groups in total. The van der Waals surface area contributed by atoms with Gasteiger partial charge in [-0.2, -0.15) is 0 Å². The van der Waals surface area contributed by atoms with Gasteiger partial charge in [0.05, 0.1) is 12.0 Å². The lowest BCUT2D eigenvalue weighted by Gasteiger charge is -2.44. The SMILES string of the molecule is CCC.CCC.Cc1ccc(SOc2ccc(N3CCN(P(N(C)C)N(C)C)CC3)cc2)cc1. The van der Waals surface area contributed by atoms with Crippen molar-refractivity contribution in [2.75, 3.05) is 59.3 Å². The van der Waals surface area contributed by atoms with Crippen molar-refractivity contribution in [1.82, 2.24) is 14.0 Å². The number of benzene rings is 2. The second-order valence-corrected chi connectivity index (χ2v) is 12.3. The molecular weight excluding hydrogens is 459 g/mol. The zero-order valence-corrected chi connectivity index (χ0v) is 24.6. The predicted octanol–water partition coefficient (Wildman–Crippen LogP) is 7.39. The largest absolute Gasteiger partial charge is 0.421 e. The van der Waals surface area contributed by atoms with Crippen LogP contribution in [0, 0.1) is 6.92 Å². The molecule has 0 aromatic heterocycles. The van der Waals surface area contributed by atoms with Crippen LogP contribution in [-0.4, -0.2) is 68.4 Å². The Balaban J connectivity index is 0.000000872. The minimum atomic E-state index is -0.369. The number of aryl methyl sites for hydroxylation is 1. The highest BCUT2D eigenvalue weighted by Crippen LogP contribution is 2.44. The third kappa shape index (κ3) is 11.0. The molecule has 0 saturated carbocycles. The molecule has 0 radical (unpaired) electrons. The lowest BCUT2D eigenvalue weighted by Crippen LogP contribution is -2.46. The molecule has 0 amide bonds. The fraction of sp³-hybridized carbons (Fsp3) is 0.556. The fourth-order valence-electron chi connectivity index (χ4n) is 3.40. The van der Waals surface area contributed by atoms with Crippen LogP contribution < -0.4 is 9.08 Å². The van der Waals surface area contributed by atoms with Gasteiger partial charge in [0, 0.05) is 36.8 Å². The maximum atomic E-state index is 5.86. The van der Waals surface area contributed by atoms with Gasteiger partial charge in [-0.3, -0.25) is 14.0 Å². The molecule has 1 aliphatic rings. The van der Waals surface area contributed by atoms with Crippen LogP contribution in [0.1, 0.15) is 46.1 Å². The summed E-state index contributed by atoms with van der Waals surface area (Å²) in [5.41, 5.74) is 2.53. The van der Waals surface area contributed by atoms with E-state index in [1.165, 1.54) is 36.1 Å². The van der Waals surface area contributed by atoms with E-state index in [2.05, 4.69) is 130 Å². The van der Waals surface area contributed by atoms with Crippen molar-refractivity contribution < 1.29 is 4.18 Å². The van der Waals surface area contributed by atoms with Gasteiger partial charge >= 0.3 is 0 Å². The Kier molecular flexibility index (Phi) is 15.5. The van der Waals surface area contributed by atoms with E-state index in [1.807, 2.05) is 0 Å². The molecule has 192 valence electrons. The Labute approximate surface area is 215 Å². The van der Waals surface area contributed by atoms with Gasteiger partial charge in [-0.25, -0.2) is 0 Å². The Hall–Kier alpha value is -1.30. The Morgan fingerprint density at radius 3 is 1.68 bits per heavy atom. The highest BCUT2D eigenvalue weighted by molar-refractivity contribution is 7.95. The van der Waals surface area contributed by atoms with E-state index < -0.39 is 0 Å². The second-order valence-electron chi connectivity index (χ2n) is 8.79. The van der Waals surface area contributed by atoms with E-state index in [0.717, 1.165) is 36.8 Å². The molecule has 2 aromatic rings. The van der Waals surface area contributed by atoms with Crippen LogP contribution in [0.5, 0.6) is 5.75 Å². The first kappa shape index (κ1) is 30.7. The van der Waals surface area contributed by atoms with E-state index in [9.17, 15) is 0 Å². The highest BCUT2D eigenvalue weighted by Gasteiger charge is 2.27. The monoisotopic (exact) mass is 506 g/mol. The topological polar surface area (TPSA) is 22.2 Å². The molecule has 3 rings (SSSR count). The van der Waals surface area contributed by atoms with Crippen molar-refractivity contribution in [2.45, 2.75) is 52.4 Å². The molecule has 5 nitrogen and oxygen atoms in total. The van der Waals surface area contributed by atoms with Crippen molar-refractivity contribution in [1.29, 1.82) is 0 Å². The predicted molar refractivity (Wildman–Crippen MR) is 154 cm³/mol. The summed E-state index contributed by atoms with van der Waals surface area (Å²) in [5.74, 6) is 0.886. The van der Waals surface area contributed by atoms with Crippen molar-refractivity contribution in [3.05, 3.63) is 54.1 Å². The molecule has 1 fully saturated rings. The van der Waals surface area contributed by atoms with Gasteiger partial charge in [0.15, 0.2) is 0 Å². The van der Waals surface area contributed by atoms with Crippen molar-refractivity contribution in [3.63, 3.8) is 0 Å². The summed E-state index contributed by atoms with van der Waals surface area (Å²) in [7, 11) is 8.32. The molecule has 0 spiro atoms. The third-order valence-electron chi connectivity index (χ3n) is 4.68. The number of hydrogen-bond acceptors (Lipinski definition) is 6. The van der Waals surface area contributed by atoms with Crippen LogP contribution in [0.25, 0.3) is 0 Å². The van der Waals surface area contributed by atoms with Crippen LogP contribution in [0.2, 0.25) is 0 Å². The van der Waals surface area contributed by atoms with Gasteiger partial charge in [0.25, 0.3) is 0 Å². The quantitative estimate of drug-likeness (QED) is 0.286. The second kappa shape index (κ2) is 17.2. The van der Waals surface area contributed by atoms with Crippen molar-refractivity contribution in [3.8, 4) is 5.75 Å². The zero-order chi connectivity index (χ0) is 25.5. The van der Waals surface area contributed by atoms with E-state index in [4.69, 9.17) is 4.18 Å². The minimum Gasteiger partial charge on any atom is -0.421 e.